The molecule has 0 heterocycles. The van der Waals surface area contributed by atoms with E-state index in [0.717, 1.165) is 6.42 Å². The number of hydrogen-bond donors (Lipinski definition) is 1. The molecule has 0 aromatic carbocycles. The van der Waals surface area contributed by atoms with Crippen LogP contribution in [-0.2, 0) is 4.79 Å². The summed E-state index contributed by atoms with van der Waals surface area (Å²) in [5, 5.41) is 3.26. The summed E-state index contributed by atoms with van der Waals surface area (Å²) in [5.74, 6) is 0.822. The van der Waals surface area contributed by atoms with Gasteiger partial charge >= 0.3 is 0 Å². The lowest BCUT2D eigenvalue weighted by molar-refractivity contribution is -0.119. The zero-order chi connectivity index (χ0) is 9.72. The van der Waals surface area contributed by atoms with Crippen LogP contribution in [0.3, 0.4) is 0 Å². The Morgan fingerprint density at radius 3 is 2.00 bits per heavy atom. The van der Waals surface area contributed by atoms with E-state index in [-0.39, 0.29) is 11.8 Å². The molecule has 0 bridgehead atoms. The Labute approximate surface area is 75.7 Å². The summed E-state index contributed by atoms with van der Waals surface area (Å²) in [4.78, 5) is 11.2. The van der Waals surface area contributed by atoms with Crippen LogP contribution in [0.2, 0.25) is 0 Å². The van der Waals surface area contributed by atoms with Gasteiger partial charge in [0.15, 0.2) is 0 Å². The Hall–Kier alpha value is -0.370. The molecule has 0 spiro atoms. The van der Waals surface area contributed by atoms with Crippen molar-refractivity contribution in [1.29, 1.82) is 0 Å². The topological polar surface area (TPSA) is 29.1 Å². The Kier molecular flexibility index (Phi) is 5.14. The van der Waals surface area contributed by atoms with Crippen molar-refractivity contribution in [2.45, 2.75) is 53.1 Å². The van der Waals surface area contributed by atoms with Crippen LogP contribution in [0.15, 0.2) is 0 Å². The second kappa shape index (κ2) is 5.31. The van der Waals surface area contributed by atoms with E-state index in [0.29, 0.717) is 12.0 Å². The maximum Gasteiger partial charge on any atom is 0.146 e. The Bertz CT molecular complexity index is 131. The summed E-state index contributed by atoms with van der Waals surface area (Å²) in [7, 11) is 0. The summed E-state index contributed by atoms with van der Waals surface area (Å²) in [6.07, 6.45) is 0.938. The number of Topliss-reactive ketones (excluding diaryl/α,β-unsaturated/α-hetero) is 1. The fourth-order valence-electron chi connectivity index (χ4n) is 1.23. The van der Waals surface area contributed by atoms with E-state index in [2.05, 4.69) is 33.0 Å². The minimum Gasteiger partial charge on any atom is -0.305 e. The van der Waals surface area contributed by atoms with E-state index in [1.807, 2.05) is 0 Å². The molecule has 12 heavy (non-hydrogen) atoms. The van der Waals surface area contributed by atoms with Crippen LogP contribution < -0.4 is 5.32 Å². The van der Waals surface area contributed by atoms with Gasteiger partial charge in [-0.3, -0.25) is 4.79 Å². The molecule has 1 atom stereocenters. The Morgan fingerprint density at radius 1 is 1.25 bits per heavy atom. The molecule has 0 radical (unpaired) electrons. The molecule has 1 N–H and O–H groups in total. The standard InChI is InChI=1S/C10H21NO/c1-7(2)6-10(9(5)12)11-8(3)4/h7-8,10-11H,6H2,1-5H3. The first-order valence-electron chi connectivity index (χ1n) is 4.70. The van der Waals surface area contributed by atoms with E-state index in [1.165, 1.54) is 0 Å². The van der Waals surface area contributed by atoms with Crippen molar-refractivity contribution in [2.75, 3.05) is 0 Å². The Balaban J connectivity index is 3.96. The minimum absolute atomic E-state index is 0.0463. The quantitative estimate of drug-likeness (QED) is 0.685. The largest absolute Gasteiger partial charge is 0.305 e. The predicted octanol–water partition coefficient (Wildman–Crippen LogP) is 1.99. The zero-order valence-corrected chi connectivity index (χ0v) is 8.85. The molecule has 0 saturated carbocycles. The van der Waals surface area contributed by atoms with Crippen LogP contribution in [0.4, 0.5) is 0 Å². The highest BCUT2D eigenvalue weighted by Gasteiger charge is 2.15. The van der Waals surface area contributed by atoms with Crippen molar-refractivity contribution in [2.24, 2.45) is 5.92 Å². The summed E-state index contributed by atoms with van der Waals surface area (Å²) >= 11 is 0. The van der Waals surface area contributed by atoms with Gasteiger partial charge in [-0.1, -0.05) is 27.7 Å². The zero-order valence-electron chi connectivity index (χ0n) is 8.85. The molecule has 0 aromatic heterocycles. The lowest BCUT2D eigenvalue weighted by Crippen LogP contribution is -2.40. The van der Waals surface area contributed by atoms with E-state index in [4.69, 9.17) is 0 Å². The van der Waals surface area contributed by atoms with Gasteiger partial charge in [-0.05, 0) is 19.3 Å². The van der Waals surface area contributed by atoms with Crippen LogP contribution in [-0.4, -0.2) is 17.9 Å². The fourth-order valence-corrected chi connectivity index (χ4v) is 1.23. The van der Waals surface area contributed by atoms with Crippen molar-refractivity contribution in [3.05, 3.63) is 0 Å². The van der Waals surface area contributed by atoms with E-state index in [9.17, 15) is 4.79 Å². The third kappa shape index (κ3) is 5.30. The average molecular weight is 171 g/mol. The molecular formula is C10H21NO. The van der Waals surface area contributed by atoms with E-state index >= 15 is 0 Å². The van der Waals surface area contributed by atoms with Gasteiger partial charge in [0.1, 0.15) is 5.78 Å². The molecule has 0 aliphatic carbocycles. The molecule has 72 valence electrons. The van der Waals surface area contributed by atoms with Crippen molar-refractivity contribution in [3.63, 3.8) is 0 Å². The van der Waals surface area contributed by atoms with Crippen LogP contribution in [0.1, 0.15) is 41.0 Å². The minimum atomic E-state index is 0.0463. The van der Waals surface area contributed by atoms with Crippen LogP contribution in [0, 0.1) is 5.92 Å². The molecule has 0 aliphatic heterocycles. The molecule has 0 aromatic rings. The van der Waals surface area contributed by atoms with Crippen LogP contribution in [0.25, 0.3) is 0 Å². The Morgan fingerprint density at radius 2 is 1.75 bits per heavy atom. The molecule has 1 unspecified atom stereocenters. The van der Waals surface area contributed by atoms with Crippen molar-refractivity contribution < 1.29 is 4.79 Å². The lowest BCUT2D eigenvalue weighted by Gasteiger charge is -2.20. The lowest BCUT2D eigenvalue weighted by atomic mass is 10.0. The van der Waals surface area contributed by atoms with Crippen molar-refractivity contribution in [1.82, 2.24) is 5.32 Å². The molecule has 2 nitrogen and oxygen atoms in total. The third-order valence-corrected chi connectivity index (χ3v) is 1.73. The molecular weight excluding hydrogens is 150 g/mol. The van der Waals surface area contributed by atoms with Gasteiger partial charge in [-0.2, -0.15) is 0 Å². The second-order valence-corrected chi connectivity index (χ2v) is 4.11. The maximum atomic E-state index is 11.2. The first-order chi connectivity index (χ1) is 5.43. The number of rotatable bonds is 5. The summed E-state index contributed by atoms with van der Waals surface area (Å²) in [5.41, 5.74) is 0. The first-order valence-corrected chi connectivity index (χ1v) is 4.70. The molecule has 0 aliphatic rings. The normalized spacial score (nSPS) is 13.9. The number of ketones is 1. The third-order valence-electron chi connectivity index (χ3n) is 1.73. The highest BCUT2D eigenvalue weighted by molar-refractivity contribution is 5.81. The average Bonchev–Trinajstić information content (AvgIpc) is 1.83. The summed E-state index contributed by atoms with van der Waals surface area (Å²) < 4.78 is 0. The van der Waals surface area contributed by atoms with Crippen LogP contribution >= 0.6 is 0 Å². The molecule has 0 amide bonds. The molecule has 0 rings (SSSR count). The number of carbonyl (C=O) groups excluding carboxylic acids is 1. The molecule has 0 fully saturated rings. The van der Waals surface area contributed by atoms with E-state index < -0.39 is 0 Å². The van der Waals surface area contributed by atoms with Crippen molar-refractivity contribution in [3.8, 4) is 0 Å². The summed E-state index contributed by atoms with van der Waals surface area (Å²) in [6, 6.07) is 0.433. The fraction of sp³-hybridized carbons (Fsp3) is 0.900. The highest BCUT2D eigenvalue weighted by atomic mass is 16.1. The molecule has 0 saturated heterocycles. The van der Waals surface area contributed by atoms with Gasteiger partial charge in [0.05, 0.1) is 6.04 Å². The monoisotopic (exact) mass is 171 g/mol. The van der Waals surface area contributed by atoms with Crippen LogP contribution in [0.5, 0.6) is 0 Å². The molecule has 2 heteroatoms. The van der Waals surface area contributed by atoms with Gasteiger partial charge in [-0.15, -0.1) is 0 Å². The second-order valence-electron chi connectivity index (χ2n) is 4.11. The first kappa shape index (κ1) is 11.6. The van der Waals surface area contributed by atoms with Gasteiger partial charge in [0, 0.05) is 6.04 Å². The van der Waals surface area contributed by atoms with E-state index in [1.54, 1.807) is 6.92 Å². The van der Waals surface area contributed by atoms with Gasteiger partial charge in [0.25, 0.3) is 0 Å². The highest BCUT2D eigenvalue weighted by Crippen LogP contribution is 2.06. The van der Waals surface area contributed by atoms with Gasteiger partial charge < -0.3 is 5.32 Å². The number of hydrogen-bond acceptors (Lipinski definition) is 2. The predicted molar refractivity (Wildman–Crippen MR) is 52.2 cm³/mol. The number of nitrogens with one attached hydrogen (secondary N) is 1. The van der Waals surface area contributed by atoms with Gasteiger partial charge in [0.2, 0.25) is 0 Å². The van der Waals surface area contributed by atoms with Gasteiger partial charge in [-0.25, -0.2) is 0 Å². The summed E-state index contributed by atoms with van der Waals surface area (Å²) in [6.45, 7) is 10.1. The maximum absolute atomic E-state index is 11.2. The SMILES string of the molecule is CC(=O)C(CC(C)C)NC(C)C. The van der Waals surface area contributed by atoms with Crippen molar-refractivity contribution >= 4 is 5.78 Å². The number of carbonyl (C=O) groups is 1. The smallest absolute Gasteiger partial charge is 0.146 e.